The normalized spacial score (nSPS) is 11.4. The summed E-state index contributed by atoms with van der Waals surface area (Å²) in [5.74, 6) is 0. The Labute approximate surface area is 147 Å². The topological polar surface area (TPSA) is 58.6 Å². The van der Waals surface area contributed by atoms with Crippen LogP contribution in [0.2, 0.25) is 0 Å². The predicted molar refractivity (Wildman–Crippen MR) is 86.3 cm³/mol. The molecule has 0 fully saturated rings. The molecule has 0 aliphatic carbocycles. The van der Waals surface area contributed by atoms with E-state index in [0.717, 1.165) is 38.5 Å². The van der Waals surface area contributed by atoms with Gasteiger partial charge >= 0.3 is 16.8 Å². The van der Waals surface area contributed by atoms with E-state index in [9.17, 15) is 9.46 Å². The number of hydrogen-bond acceptors (Lipinski definition) is 4. The fourth-order valence-corrected chi connectivity index (χ4v) is 2.93. The van der Waals surface area contributed by atoms with E-state index in [0.29, 0.717) is 0 Å². The molecule has 0 aliphatic heterocycles. The molecular formula is C16H34CoO4P+. The quantitative estimate of drug-likeness (QED) is 0.273. The Morgan fingerprint density at radius 1 is 0.682 bits per heavy atom. The number of phosphoric ester groups is 1. The zero-order valence-electron chi connectivity index (χ0n) is 14.3. The van der Waals surface area contributed by atoms with Gasteiger partial charge in [0.1, 0.15) is 0 Å². The maximum absolute atomic E-state index is 11.5. The van der Waals surface area contributed by atoms with Crippen LogP contribution in [-0.4, -0.2) is 13.2 Å². The Morgan fingerprint density at radius 2 is 1.00 bits per heavy atom. The zero-order chi connectivity index (χ0) is 15.8. The van der Waals surface area contributed by atoms with E-state index >= 15 is 0 Å². The molecule has 0 unspecified atom stereocenters. The van der Waals surface area contributed by atoms with E-state index in [-0.39, 0.29) is 30.0 Å². The molecule has 6 heteroatoms. The maximum Gasteiger partial charge on any atom is 2.00 e. The van der Waals surface area contributed by atoms with Crippen molar-refractivity contribution < 1.29 is 35.3 Å². The Bertz CT molecular complexity index is 243. The van der Waals surface area contributed by atoms with Crippen molar-refractivity contribution in [2.75, 3.05) is 13.2 Å². The van der Waals surface area contributed by atoms with E-state index in [2.05, 4.69) is 13.8 Å². The summed E-state index contributed by atoms with van der Waals surface area (Å²) >= 11 is 0. The van der Waals surface area contributed by atoms with Gasteiger partial charge in [0, 0.05) is 0 Å². The molecule has 22 heavy (non-hydrogen) atoms. The summed E-state index contributed by atoms with van der Waals surface area (Å²) in [5.41, 5.74) is 0. The molecule has 0 saturated carbocycles. The van der Waals surface area contributed by atoms with Crippen molar-refractivity contribution in [1.82, 2.24) is 0 Å². The van der Waals surface area contributed by atoms with Gasteiger partial charge in [-0.25, -0.2) is 0 Å². The average Bonchev–Trinajstić information content (AvgIpc) is 2.45. The van der Waals surface area contributed by atoms with Crippen LogP contribution in [0.3, 0.4) is 0 Å². The monoisotopic (exact) mass is 380 g/mol. The summed E-state index contributed by atoms with van der Waals surface area (Å²) in [7, 11) is -4.07. The average molecular weight is 380 g/mol. The smallest absolute Gasteiger partial charge is 0.756 e. The predicted octanol–water partition coefficient (Wildman–Crippen LogP) is 5.21. The largest absolute Gasteiger partial charge is 2.00 e. The van der Waals surface area contributed by atoms with Crippen molar-refractivity contribution in [2.45, 2.75) is 90.9 Å². The second kappa shape index (κ2) is 18.0. The molecule has 0 saturated heterocycles. The van der Waals surface area contributed by atoms with Crippen LogP contribution < -0.4 is 4.89 Å². The minimum atomic E-state index is -4.07. The van der Waals surface area contributed by atoms with Crippen molar-refractivity contribution in [2.24, 2.45) is 0 Å². The van der Waals surface area contributed by atoms with Crippen molar-refractivity contribution in [3.05, 3.63) is 0 Å². The van der Waals surface area contributed by atoms with Crippen molar-refractivity contribution >= 4 is 7.82 Å². The van der Waals surface area contributed by atoms with Gasteiger partial charge in [0.25, 0.3) is 7.82 Å². The van der Waals surface area contributed by atoms with E-state index in [1.54, 1.807) is 0 Å². The van der Waals surface area contributed by atoms with Crippen LogP contribution in [0.5, 0.6) is 0 Å². The molecule has 0 amide bonds. The Balaban J connectivity index is 0. The minimum Gasteiger partial charge on any atom is -0.756 e. The third kappa shape index (κ3) is 18.7. The zero-order valence-corrected chi connectivity index (χ0v) is 16.2. The van der Waals surface area contributed by atoms with Gasteiger partial charge in [-0.2, -0.15) is 0 Å². The summed E-state index contributed by atoms with van der Waals surface area (Å²) < 4.78 is 21.2. The fourth-order valence-electron chi connectivity index (χ4n) is 2.15. The molecule has 0 spiro atoms. The van der Waals surface area contributed by atoms with Crippen LogP contribution in [-0.2, 0) is 30.4 Å². The number of unbranched alkanes of at least 4 members (excludes halogenated alkanes) is 10. The molecule has 0 aliphatic rings. The second-order valence-electron chi connectivity index (χ2n) is 5.65. The van der Waals surface area contributed by atoms with Gasteiger partial charge in [-0.15, -0.1) is 0 Å². The van der Waals surface area contributed by atoms with Gasteiger partial charge < -0.3 is 13.9 Å². The molecule has 0 atom stereocenters. The third-order valence-corrected chi connectivity index (χ3v) is 4.49. The van der Waals surface area contributed by atoms with E-state index in [1.165, 1.54) is 38.5 Å². The fraction of sp³-hybridized carbons (Fsp3) is 1.00. The summed E-state index contributed by atoms with van der Waals surface area (Å²) in [6.45, 7) is 4.86. The third-order valence-electron chi connectivity index (χ3n) is 3.49. The molecule has 0 bridgehead atoms. The van der Waals surface area contributed by atoms with Crippen molar-refractivity contribution in [3.8, 4) is 0 Å². The van der Waals surface area contributed by atoms with Crippen LogP contribution in [0.4, 0.5) is 0 Å². The van der Waals surface area contributed by atoms with Crippen molar-refractivity contribution in [1.29, 1.82) is 0 Å². The molecular weight excluding hydrogens is 346 g/mol. The molecule has 0 heterocycles. The van der Waals surface area contributed by atoms with Crippen molar-refractivity contribution in [3.63, 3.8) is 0 Å². The standard InChI is InChI=1S/C16H35O4P.Co/c1-3-5-7-9-11-13-15-19-21(17,18)20-16-14-12-10-8-6-4-2;/h3-16H2,1-2H3,(H,17,18);/q;+2/p-1. The Hall–Kier alpha value is 0.616. The van der Waals surface area contributed by atoms with E-state index < -0.39 is 7.82 Å². The number of phosphoric acid groups is 1. The summed E-state index contributed by atoms with van der Waals surface area (Å²) in [6, 6.07) is 0. The van der Waals surface area contributed by atoms with Crippen LogP contribution >= 0.6 is 7.82 Å². The van der Waals surface area contributed by atoms with Gasteiger partial charge in [0.15, 0.2) is 0 Å². The molecule has 135 valence electrons. The molecule has 1 radical (unpaired) electrons. The first-order chi connectivity index (χ1) is 10.1. The second-order valence-corrected chi connectivity index (χ2v) is 7.06. The molecule has 0 N–H and O–H groups in total. The molecule has 0 aromatic carbocycles. The Morgan fingerprint density at radius 3 is 1.36 bits per heavy atom. The summed E-state index contributed by atoms with van der Waals surface area (Å²) in [6.07, 6.45) is 13.3. The number of rotatable bonds is 16. The van der Waals surface area contributed by atoms with Gasteiger partial charge in [-0.3, -0.25) is 4.57 Å². The van der Waals surface area contributed by atoms with Crippen LogP contribution in [0, 0.1) is 0 Å². The molecule has 0 rings (SSSR count). The van der Waals surface area contributed by atoms with E-state index in [1.807, 2.05) is 0 Å². The first kappa shape index (κ1) is 24.9. The first-order valence-electron chi connectivity index (χ1n) is 8.72. The molecule has 0 aromatic rings. The van der Waals surface area contributed by atoms with Crippen LogP contribution in [0.1, 0.15) is 90.9 Å². The van der Waals surface area contributed by atoms with Gasteiger partial charge in [0.2, 0.25) is 0 Å². The molecule has 4 nitrogen and oxygen atoms in total. The van der Waals surface area contributed by atoms with Crippen LogP contribution in [0.25, 0.3) is 0 Å². The van der Waals surface area contributed by atoms with Gasteiger partial charge in [0.05, 0.1) is 13.2 Å². The maximum atomic E-state index is 11.5. The van der Waals surface area contributed by atoms with Crippen LogP contribution in [0.15, 0.2) is 0 Å². The summed E-state index contributed by atoms with van der Waals surface area (Å²) in [4.78, 5) is 11.5. The first-order valence-corrected chi connectivity index (χ1v) is 10.2. The summed E-state index contributed by atoms with van der Waals surface area (Å²) in [5, 5.41) is 0. The Kier molecular flexibility index (Phi) is 20.3. The SMILES string of the molecule is CCCCCCCCOP(=O)([O-])OCCCCCCCC.[Co+2]. The minimum absolute atomic E-state index is 0. The number of hydrogen-bond donors (Lipinski definition) is 0. The van der Waals surface area contributed by atoms with Gasteiger partial charge in [-0.05, 0) is 12.8 Å². The van der Waals surface area contributed by atoms with Gasteiger partial charge in [-0.1, -0.05) is 78.1 Å². The molecule has 0 aromatic heterocycles. The van der Waals surface area contributed by atoms with E-state index in [4.69, 9.17) is 9.05 Å².